The van der Waals surface area contributed by atoms with E-state index in [1.165, 1.54) is 0 Å². The molecule has 1 atom stereocenters. The summed E-state index contributed by atoms with van der Waals surface area (Å²) in [5, 5.41) is 12.8. The van der Waals surface area contributed by atoms with Crippen LogP contribution in [0.25, 0.3) is 0 Å². The molecule has 0 aliphatic rings. The standard InChI is InChI=1S/C16H27N3O2/c1-6-19(10-16(4,5)21)12(3)15(20)18-14-8-7-13(17)9-11(14)2/h7-9,12,21H,6,10,17H2,1-5H3,(H,18,20). The van der Waals surface area contributed by atoms with Crippen LogP contribution in [-0.2, 0) is 4.79 Å². The van der Waals surface area contributed by atoms with Gasteiger partial charge in [0.1, 0.15) is 0 Å². The summed E-state index contributed by atoms with van der Waals surface area (Å²) in [5.74, 6) is -0.0889. The number of carbonyl (C=O) groups excluding carboxylic acids is 1. The van der Waals surface area contributed by atoms with E-state index in [0.717, 1.165) is 11.3 Å². The summed E-state index contributed by atoms with van der Waals surface area (Å²) >= 11 is 0. The van der Waals surface area contributed by atoms with Gasteiger partial charge in [-0.2, -0.15) is 0 Å². The number of carbonyl (C=O) groups is 1. The smallest absolute Gasteiger partial charge is 0.241 e. The van der Waals surface area contributed by atoms with Crippen molar-refractivity contribution in [2.75, 3.05) is 24.1 Å². The highest BCUT2D eigenvalue weighted by Gasteiger charge is 2.25. The molecule has 1 aromatic carbocycles. The number of nitrogens with one attached hydrogen (secondary N) is 1. The molecule has 21 heavy (non-hydrogen) atoms. The summed E-state index contributed by atoms with van der Waals surface area (Å²) in [4.78, 5) is 14.3. The Labute approximate surface area is 127 Å². The van der Waals surface area contributed by atoms with Gasteiger partial charge < -0.3 is 16.2 Å². The van der Waals surface area contributed by atoms with Crippen molar-refractivity contribution in [1.82, 2.24) is 4.90 Å². The van der Waals surface area contributed by atoms with Crippen molar-refractivity contribution in [3.05, 3.63) is 23.8 Å². The molecule has 4 N–H and O–H groups in total. The topological polar surface area (TPSA) is 78.6 Å². The lowest BCUT2D eigenvalue weighted by atomic mass is 10.1. The first kappa shape index (κ1) is 17.5. The lowest BCUT2D eigenvalue weighted by Gasteiger charge is -2.32. The van der Waals surface area contributed by atoms with Crippen LogP contribution in [0.15, 0.2) is 18.2 Å². The van der Waals surface area contributed by atoms with Crippen molar-refractivity contribution in [1.29, 1.82) is 0 Å². The SMILES string of the molecule is CCN(CC(C)(C)O)C(C)C(=O)Nc1ccc(N)cc1C. The van der Waals surface area contributed by atoms with E-state index in [4.69, 9.17) is 5.73 Å². The molecule has 1 amide bonds. The minimum atomic E-state index is -0.832. The molecule has 1 unspecified atom stereocenters. The van der Waals surface area contributed by atoms with Crippen LogP contribution in [0.4, 0.5) is 11.4 Å². The van der Waals surface area contributed by atoms with Crippen molar-refractivity contribution in [2.45, 2.75) is 46.3 Å². The van der Waals surface area contributed by atoms with E-state index in [9.17, 15) is 9.90 Å². The maximum atomic E-state index is 12.4. The summed E-state index contributed by atoms with van der Waals surface area (Å²) in [6.07, 6.45) is 0. The molecule has 0 heterocycles. The van der Waals surface area contributed by atoms with E-state index >= 15 is 0 Å². The predicted molar refractivity (Wildman–Crippen MR) is 87.2 cm³/mol. The van der Waals surface area contributed by atoms with Gasteiger partial charge in [-0.15, -0.1) is 0 Å². The third kappa shape index (κ3) is 5.36. The summed E-state index contributed by atoms with van der Waals surface area (Å²) in [6.45, 7) is 10.3. The van der Waals surface area contributed by atoms with Gasteiger partial charge in [-0.1, -0.05) is 6.92 Å². The summed E-state index contributed by atoms with van der Waals surface area (Å²) in [6, 6.07) is 5.08. The Kier molecular flexibility index (Phi) is 5.75. The Hall–Kier alpha value is -1.59. The Morgan fingerprint density at radius 2 is 2.10 bits per heavy atom. The third-order valence-corrected chi connectivity index (χ3v) is 3.43. The molecular weight excluding hydrogens is 266 g/mol. The lowest BCUT2D eigenvalue weighted by molar-refractivity contribution is -0.121. The fourth-order valence-electron chi connectivity index (χ4n) is 2.25. The molecule has 1 aromatic rings. The molecule has 0 spiro atoms. The Morgan fingerprint density at radius 3 is 2.57 bits per heavy atom. The zero-order chi connectivity index (χ0) is 16.2. The first-order valence-corrected chi connectivity index (χ1v) is 7.27. The largest absolute Gasteiger partial charge is 0.399 e. The van der Waals surface area contributed by atoms with Gasteiger partial charge in [-0.3, -0.25) is 9.69 Å². The van der Waals surface area contributed by atoms with E-state index in [-0.39, 0.29) is 11.9 Å². The average molecular weight is 293 g/mol. The van der Waals surface area contributed by atoms with E-state index in [0.29, 0.717) is 18.8 Å². The number of likely N-dealkylation sites (N-methyl/N-ethyl adjacent to an activating group) is 1. The predicted octanol–water partition coefficient (Wildman–Crippen LogP) is 2.00. The van der Waals surface area contributed by atoms with Gasteiger partial charge in [0.2, 0.25) is 5.91 Å². The van der Waals surface area contributed by atoms with Crippen LogP contribution in [0, 0.1) is 6.92 Å². The number of hydrogen-bond donors (Lipinski definition) is 3. The van der Waals surface area contributed by atoms with Crippen LogP contribution in [0.5, 0.6) is 0 Å². The summed E-state index contributed by atoms with van der Waals surface area (Å²) in [5.41, 5.74) is 7.25. The number of aliphatic hydroxyl groups is 1. The molecule has 1 rings (SSSR count). The van der Waals surface area contributed by atoms with Gasteiger partial charge in [0, 0.05) is 17.9 Å². The first-order valence-electron chi connectivity index (χ1n) is 7.27. The Bertz CT molecular complexity index is 495. The molecular formula is C16H27N3O2. The molecule has 0 aliphatic heterocycles. The Morgan fingerprint density at radius 1 is 1.48 bits per heavy atom. The number of rotatable bonds is 6. The highest BCUT2D eigenvalue weighted by Crippen LogP contribution is 2.18. The normalized spacial score (nSPS) is 13.3. The molecule has 5 heteroatoms. The van der Waals surface area contributed by atoms with E-state index in [1.54, 1.807) is 19.9 Å². The number of nitrogen functional groups attached to an aromatic ring is 1. The highest BCUT2D eigenvalue weighted by molar-refractivity contribution is 5.95. The van der Waals surface area contributed by atoms with Crippen molar-refractivity contribution in [2.24, 2.45) is 0 Å². The fourth-order valence-corrected chi connectivity index (χ4v) is 2.25. The second kappa shape index (κ2) is 6.91. The van der Waals surface area contributed by atoms with Gasteiger partial charge in [-0.25, -0.2) is 0 Å². The number of aryl methyl sites for hydroxylation is 1. The average Bonchev–Trinajstić information content (AvgIpc) is 2.37. The molecule has 0 aliphatic carbocycles. The van der Waals surface area contributed by atoms with Crippen LogP contribution >= 0.6 is 0 Å². The second-order valence-electron chi connectivity index (χ2n) is 6.12. The van der Waals surface area contributed by atoms with Crippen molar-refractivity contribution < 1.29 is 9.90 Å². The van der Waals surface area contributed by atoms with E-state index < -0.39 is 5.60 Å². The lowest BCUT2D eigenvalue weighted by Crippen LogP contribution is -2.48. The molecule has 0 radical (unpaired) electrons. The minimum absolute atomic E-state index is 0.0889. The molecule has 0 bridgehead atoms. The Balaban J connectivity index is 2.77. The van der Waals surface area contributed by atoms with Crippen LogP contribution in [0.2, 0.25) is 0 Å². The molecule has 0 saturated heterocycles. The summed E-state index contributed by atoms with van der Waals surface area (Å²) in [7, 11) is 0. The number of nitrogens with zero attached hydrogens (tertiary/aromatic N) is 1. The van der Waals surface area contributed by atoms with Crippen LogP contribution in [0.3, 0.4) is 0 Å². The monoisotopic (exact) mass is 293 g/mol. The number of hydrogen-bond acceptors (Lipinski definition) is 4. The number of amides is 1. The van der Waals surface area contributed by atoms with Gasteiger partial charge in [0.15, 0.2) is 0 Å². The van der Waals surface area contributed by atoms with Gasteiger partial charge in [-0.05, 0) is 58.0 Å². The first-order chi connectivity index (χ1) is 9.64. The number of anilines is 2. The van der Waals surface area contributed by atoms with Crippen molar-refractivity contribution in [3.63, 3.8) is 0 Å². The molecule has 0 saturated carbocycles. The number of nitrogens with two attached hydrogens (primary N) is 1. The van der Waals surface area contributed by atoms with Crippen molar-refractivity contribution >= 4 is 17.3 Å². The third-order valence-electron chi connectivity index (χ3n) is 3.43. The maximum Gasteiger partial charge on any atom is 0.241 e. The summed E-state index contributed by atoms with van der Waals surface area (Å²) < 4.78 is 0. The van der Waals surface area contributed by atoms with E-state index in [2.05, 4.69) is 5.32 Å². The molecule has 0 fully saturated rings. The second-order valence-corrected chi connectivity index (χ2v) is 6.12. The zero-order valence-electron chi connectivity index (χ0n) is 13.6. The minimum Gasteiger partial charge on any atom is -0.399 e. The number of benzene rings is 1. The fraction of sp³-hybridized carbons (Fsp3) is 0.562. The van der Waals surface area contributed by atoms with Crippen molar-refractivity contribution in [3.8, 4) is 0 Å². The van der Waals surface area contributed by atoms with Crippen LogP contribution in [0.1, 0.15) is 33.3 Å². The maximum absolute atomic E-state index is 12.4. The van der Waals surface area contributed by atoms with E-state index in [1.807, 2.05) is 37.8 Å². The molecule has 118 valence electrons. The van der Waals surface area contributed by atoms with Gasteiger partial charge in [0.25, 0.3) is 0 Å². The molecule has 5 nitrogen and oxygen atoms in total. The molecule has 0 aromatic heterocycles. The van der Waals surface area contributed by atoms with Gasteiger partial charge >= 0.3 is 0 Å². The van der Waals surface area contributed by atoms with Crippen LogP contribution < -0.4 is 11.1 Å². The zero-order valence-corrected chi connectivity index (χ0v) is 13.6. The van der Waals surface area contributed by atoms with Crippen LogP contribution in [-0.4, -0.2) is 40.6 Å². The quantitative estimate of drug-likeness (QED) is 0.701. The highest BCUT2D eigenvalue weighted by atomic mass is 16.3. The van der Waals surface area contributed by atoms with Gasteiger partial charge in [0.05, 0.1) is 11.6 Å².